The summed E-state index contributed by atoms with van der Waals surface area (Å²) in [6.07, 6.45) is -9.70. The zero-order valence-electron chi connectivity index (χ0n) is 17.6. The Labute approximate surface area is 196 Å². The van der Waals surface area contributed by atoms with Crippen LogP contribution < -0.4 is 5.73 Å². The Morgan fingerprint density at radius 1 is 0.882 bits per heavy atom. The highest BCUT2D eigenvalue weighted by molar-refractivity contribution is 6.31. The van der Waals surface area contributed by atoms with Gasteiger partial charge in [0.05, 0.1) is 22.7 Å². The first kappa shape index (κ1) is 25.8. The Balaban J connectivity index is 1.66. The number of carbonyl (C=O) groups is 2. The van der Waals surface area contributed by atoms with Crippen molar-refractivity contribution in [2.45, 2.75) is 24.8 Å². The topological polar surface area (TPSA) is 66.6 Å². The second-order valence-electron chi connectivity index (χ2n) is 7.77. The molecular weight excluding hydrogens is 488 g/mol. The lowest BCUT2D eigenvalue weighted by Crippen LogP contribution is -2.54. The number of carbonyl (C=O) groups excluding carboxylic acids is 2. The summed E-state index contributed by atoms with van der Waals surface area (Å²) in [6.45, 7) is -0.192. The Hall–Kier alpha value is -2.79. The number of hydrogen-bond acceptors (Lipinski definition) is 3. The van der Waals surface area contributed by atoms with E-state index in [2.05, 4.69) is 0 Å². The molecule has 1 aliphatic heterocycles. The molecule has 0 aliphatic carbocycles. The molecule has 34 heavy (non-hydrogen) atoms. The molecule has 1 fully saturated rings. The molecule has 2 N–H and O–H groups in total. The second kappa shape index (κ2) is 9.83. The van der Waals surface area contributed by atoms with Crippen molar-refractivity contribution in [1.29, 1.82) is 0 Å². The summed E-state index contributed by atoms with van der Waals surface area (Å²) in [6, 6.07) is 6.26. The maximum absolute atomic E-state index is 13.3. The van der Waals surface area contributed by atoms with Gasteiger partial charge in [-0.2, -0.15) is 26.3 Å². The van der Waals surface area contributed by atoms with Gasteiger partial charge in [0.1, 0.15) is 0 Å². The molecule has 2 aromatic rings. The lowest BCUT2D eigenvalue weighted by atomic mass is 9.99. The number of piperazine rings is 1. The lowest BCUT2D eigenvalue weighted by molar-refractivity contribution is -0.139. The molecule has 184 valence electrons. The number of hydrogen-bond donors (Lipinski definition) is 1. The summed E-state index contributed by atoms with van der Waals surface area (Å²) in [7, 11) is 0. The molecule has 1 unspecified atom stereocenters. The van der Waals surface area contributed by atoms with Gasteiger partial charge < -0.3 is 15.5 Å². The third-order valence-corrected chi connectivity index (χ3v) is 5.71. The third kappa shape index (κ3) is 5.82. The quantitative estimate of drug-likeness (QED) is 0.630. The number of halogens is 7. The van der Waals surface area contributed by atoms with Gasteiger partial charge in [0.15, 0.2) is 0 Å². The molecule has 1 atom stereocenters. The first-order valence-corrected chi connectivity index (χ1v) is 10.5. The van der Waals surface area contributed by atoms with Gasteiger partial charge in [-0.15, -0.1) is 0 Å². The molecule has 2 aromatic carbocycles. The molecule has 5 nitrogen and oxygen atoms in total. The van der Waals surface area contributed by atoms with Gasteiger partial charge in [-0.1, -0.05) is 29.8 Å². The van der Waals surface area contributed by atoms with E-state index in [1.54, 1.807) is 0 Å². The van der Waals surface area contributed by atoms with Gasteiger partial charge in [-0.3, -0.25) is 9.59 Å². The van der Waals surface area contributed by atoms with Crippen LogP contribution in [0.2, 0.25) is 5.02 Å². The first-order valence-electron chi connectivity index (χ1n) is 10.1. The maximum atomic E-state index is 13.3. The van der Waals surface area contributed by atoms with Crippen LogP contribution in [0.1, 0.15) is 27.0 Å². The van der Waals surface area contributed by atoms with E-state index in [9.17, 15) is 35.9 Å². The van der Waals surface area contributed by atoms with Crippen molar-refractivity contribution in [3.63, 3.8) is 0 Å². The second-order valence-corrected chi connectivity index (χ2v) is 8.21. The van der Waals surface area contributed by atoms with Crippen LogP contribution in [-0.2, 0) is 23.6 Å². The fraction of sp³-hybridized carbons (Fsp3) is 0.364. The van der Waals surface area contributed by atoms with E-state index in [1.807, 2.05) is 0 Å². The monoisotopic (exact) mass is 507 g/mol. The van der Waals surface area contributed by atoms with Gasteiger partial charge in [-0.25, -0.2) is 0 Å². The largest absolute Gasteiger partial charge is 0.417 e. The summed E-state index contributed by atoms with van der Waals surface area (Å²) < 4.78 is 79.4. The van der Waals surface area contributed by atoms with Crippen molar-refractivity contribution in [2.24, 2.45) is 5.73 Å². The Morgan fingerprint density at radius 2 is 1.44 bits per heavy atom. The summed E-state index contributed by atoms with van der Waals surface area (Å²) in [5, 5.41) is -0.0322. The predicted molar refractivity (Wildman–Crippen MR) is 112 cm³/mol. The molecule has 1 saturated heterocycles. The van der Waals surface area contributed by atoms with Crippen LogP contribution in [-0.4, -0.2) is 53.8 Å². The van der Waals surface area contributed by atoms with Crippen LogP contribution in [0.4, 0.5) is 26.3 Å². The molecule has 2 amide bonds. The Morgan fingerprint density at radius 3 is 2.03 bits per heavy atom. The fourth-order valence-electron chi connectivity index (χ4n) is 3.77. The molecule has 0 aromatic heterocycles. The third-order valence-electron chi connectivity index (χ3n) is 5.48. The van der Waals surface area contributed by atoms with Crippen molar-refractivity contribution in [2.75, 3.05) is 26.2 Å². The molecule has 0 spiro atoms. The van der Waals surface area contributed by atoms with E-state index >= 15 is 0 Å². The smallest absolute Gasteiger partial charge is 0.338 e. The number of nitrogens with zero attached hydrogens (tertiary/aromatic N) is 2. The molecule has 0 radical (unpaired) electrons. The minimum absolute atomic E-state index is 0.0267. The zero-order chi connectivity index (χ0) is 25.3. The molecule has 3 rings (SSSR count). The van der Waals surface area contributed by atoms with E-state index in [0.717, 1.165) is 29.2 Å². The molecule has 0 bridgehead atoms. The van der Waals surface area contributed by atoms with Crippen LogP contribution in [0.5, 0.6) is 0 Å². The fourth-order valence-corrected chi connectivity index (χ4v) is 3.95. The first-order chi connectivity index (χ1) is 15.8. The highest BCUT2D eigenvalue weighted by Gasteiger charge is 2.38. The number of rotatable bonds is 4. The minimum atomic E-state index is -4.76. The molecule has 0 saturated carbocycles. The number of nitrogens with two attached hydrogens (primary N) is 1. The van der Waals surface area contributed by atoms with Gasteiger partial charge in [0.25, 0.3) is 5.91 Å². The van der Waals surface area contributed by atoms with Crippen LogP contribution in [0.25, 0.3) is 0 Å². The van der Waals surface area contributed by atoms with E-state index in [0.29, 0.717) is 0 Å². The van der Waals surface area contributed by atoms with Crippen molar-refractivity contribution in [3.8, 4) is 0 Å². The van der Waals surface area contributed by atoms with Crippen molar-refractivity contribution in [1.82, 2.24) is 9.80 Å². The average Bonchev–Trinajstić information content (AvgIpc) is 2.77. The minimum Gasteiger partial charge on any atom is -0.338 e. The highest BCUT2D eigenvalue weighted by atomic mass is 35.5. The molecule has 1 aliphatic rings. The van der Waals surface area contributed by atoms with E-state index in [4.69, 9.17) is 17.3 Å². The number of alkyl halides is 6. The van der Waals surface area contributed by atoms with Gasteiger partial charge in [-0.05, 0) is 36.2 Å². The zero-order valence-corrected chi connectivity index (χ0v) is 18.3. The highest BCUT2D eigenvalue weighted by Crippen LogP contribution is 2.34. The molecular formula is C22H20ClF6N3O2. The molecule has 12 heteroatoms. The normalized spacial score (nSPS) is 15.9. The van der Waals surface area contributed by atoms with Crippen LogP contribution in [0, 0.1) is 0 Å². The van der Waals surface area contributed by atoms with Crippen molar-refractivity contribution in [3.05, 3.63) is 69.7 Å². The van der Waals surface area contributed by atoms with Crippen LogP contribution in [0.3, 0.4) is 0 Å². The molecule has 1 heterocycles. The van der Waals surface area contributed by atoms with Gasteiger partial charge in [0.2, 0.25) is 5.91 Å². The summed E-state index contributed by atoms with van der Waals surface area (Å²) in [5.41, 5.74) is 3.17. The van der Waals surface area contributed by atoms with E-state index in [-0.39, 0.29) is 43.2 Å². The summed E-state index contributed by atoms with van der Waals surface area (Å²) >= 11 is 5.78. The van der Waals surface area contributed by atoms with Crippen molar-refractivity contribution < 1.29 is 35.9 Å². The van der Waals surface area contributed by atoms with Crippen LogP contribution >= 0.6 is 11.6 Å². The number of benzene rings is 2. The standard InChI is InChI=1S/C22H20ClF6N3O2/c23-14-5-6-17(22(27,28)29)15(12-14)19(33)31-7-9-32(10-8-31)20(34)18(30)11-13-3-1-2-4-16(13)21(24,25)26/h1-6,12,18H,7-11,30H2. The number of amides is 2. The Kier molecular flexibility index (Phi) is 7.47. The van der Waals surface area contributed by atoms with Gasteiger partial charge >= 0.3 is 12.4 Å². The SMILES string of the molecule is NC(Cc1ccccc1C(F)(F)F)C(=O)N1CCN(C(=O)c2cc(Cl)ccc2C(F)(F)F)CC1. The van der Waals surface area contributed by atoms with Crippen molar-refractivity contribution >= 4 is 23.4 Å². The predicted octanol–water partition coefficient (Wildman–Crippen LogP) is 4.23. The van der Waals surface area contributed by atoms with E-state index in [1.165, 1.54) is 23.1 Å². The van der Waals surface area contributed by atoms with E-state index < -0.39 is 46.9 Å². The maximum Gasteiger partial charge on any atom is 0.417 e. The average molecular weight is 508 g/mol. The summed E-state index contributed by atoms with van der Waals surface area (Å²) in [4.78, 5) is 27.9. The lowest BCUT2D eigenvalue weighted by Gasteiger charge is -2.36. The summed E-state index contributed by atoms with van der Waals surface area (Å²) in [5.74, 6) is -1.49. The van der Waals surface area contributed by atoms with Crippen LogP contribution in [0.15, 0.2) is 42.5 Å². The Bertz CT molecular complexity index is 1070. The van der Waals surface area contributed by atoms with Gasteiger partial charge in [0, 0.05) is 31.2 Å².